The van der Waals surface area contributed by atoms with Crippen LogP contribution in [0.2, 0.25) is 0 Å². The number of aryl methyl sites for hydroxylation is 1. The number of rotatable bonds is 7. The van der Waals surface area contributed by atoms with E-state index < -0.39 is 17.7 Å². The topological polar surface area (TPSA) is 85.4 Å². The number of ether oxygens (including phenoxy) is 1. The van der Waals surface area contributed by atoms with Crippen molar-refractivity contribution in [1.82, 2.24) is 4.98 Å². The van der Waals surface area contributed by atoms with E-state index in [1.807, 2.05) is 0 Å². The van der Waals surface area contributed by atoms with Gasteiger partial charge in [-0.05, 0) is 45.0 Å². The molecule has 0 fully saturated rings. The number of anilines is 1. The van der Waals surface area contributed by atoms with Gasteiger partial charge in [0.25, 0.3) is 0 Å². The summed E-state index contributed by atoms with van der Waals surface area (Å²) < 4.78 is 18.0. The first kappa shape index (κ1) is 19.7. The van der Waals surface area contributed by atoms with Gasteiger partial charge in [-0.25, -0.2) is 14.2 Å². The second-order valence-electron chi connectivity index (χ2n) is 5.87. The predicted octanol–water partition coefficient (Wildman–Crippen LogP) is 3.76. The number of Topliss-reactive ketones (excluding diaryl/α,β-unsaturated/α-hetero) is 1. The van der Waals surface area contributed by atoms with E-state index >= 15 is 0 Å². The lowest BCUT2D eigenvalue weighted by Gasteiger charge is -2.05. The summed E-state index contributed by atoms with van der Waals surface area (Å²) in [7, 11) is 0. The molecule has 0 unspecified atom stereocenters. The van der Waals surface area contributed by atoms with E-state index in [-0.39, 0.29) is 29.9 Å². The summed E-state index contributed by atoms with van der Waals surface area (Å²) in [5, 5.41) is 2.85. The van der Waals surface area contributed by atoms with Gasteiger partial charge in [0.15, 0.2) is 10.9 Å². The zero-order valence-electron chi connectivity index (χ0n) is 14.7. The smallest absolute Gasteiger partial charge is 0.350 e. The molecule has 0 aliphatic rings. The lowest BCUT2D eigenvalue weighted by Crippen LogP contribution is -2.13. The van der Waals surface area contributed by atoms with Crippen molar-refractivity contribution >= 4 is 34.1 Å². The van der Waals surface area contributed by atoms with Crippen molar-refractivity contribution in [2.45, 2.75) is 39.7 Å². The molecule has 0 bridgehead atoms. The Morgan fingerprint density at radius 2 is 1.85 bits per heavy atom. The van der Waals surface area contributed by atoms with E-state index in [9.17, 15) is 18.8 Å². The minimum absolute atomic E-state index is 0.00985. The summed E-state index contributed by atoms with van der Waals surface area (Å²) in [6.07, 6.45) is -0.301. The number of carbonyl (C=O) groups excluding carboxylic acids is 3. The Labute approximate surface area is 154 Å². The number of nitrogens with one attached hydrogen (secondary N) is 1. The first-order valence-electron chi connectivity index (χ1n) is 8.03. The fraction of sp³-hybridized carbons (Fsp3) is 0.333. The normalized spacial score (nSPS) is 10.7. The first-order chi connectivity index (χ1) is 12.3. The quantitative estimate of drug-likeness (QED) is 0.586. The van der Waals surface area contributed by atoms with E-state index in [4.69, 9.17) is 4.74 Å². The van der Waals surface area contributed by atoms with Crippen LogP contribution in [-0.4, -0.2) is 28.7 Å². The van der Waals surface area contributed by atoms with Crippen molar-refractivity contribution in [3.63, 3.8) is 0 Å². The summed E-state index contributed by atoms with van der Waals surface area (Å²) >= 11 is 1.03. The van der Waals surface area contributed by atoms with E-state index in [0.29, 0.717) is 16.1 Å². The van der Waals surface area contributed by atoms with Crippen molar-refractivity contribution in [2.24, 2.45) is 0 Å². The minimum atomic E-state index is -0.484. The van der Waals surface area contributed by atoms with Gasteiger partial charge >= 0.3 is 5.97 Å². The lowest BCUT2D eigenvalue weighted by atomic mass is 10.1. The Bertz CT molecular complexity index is 815. The molecule has 6 nitrogen and oxygen atoms in total. The third-order valence-corrected chi connectivity index (χ3v) is 4.37. The lowest BCUT2D eigenvalue weighted by molar-refractivity contribution is -0.116. The summed E-state index contributed by atoms with van der Waals surface area (Å²) in [4.78, 5) is 40.4. The highest BCUT2D eigenvalue weighted by Gasteiger charge is 2.19. The molecule has 138 valence electrons. The van der Waals surface area contributed by atoms with Gasteiger partial charge in [0.1, 0.15) is 10.7 Å². The number of hydrogen-bond donors (Lipinski definition) is 1. The van der Waals surface area contributed by atoms with Crippen LogP contribution in [0.4, 0.5) is 9.52 Å². The van der Waals surface area contributed by atoms with Gasteiger partial charge in [0.2, 0.25) is 5.91 Å². The van der Waals surface area contributed by atoms with Crippen LogP contribution in [0.3, 0.4) is 0 Å². The molecular weight excluding hydrogens is 359 g/mol. The Balaban J connectivity index is 1.90. The molecule has 26 heavy (non-hydrogen) atoms. The number of hydrogen-bond acceptors (Lipinski definition) is 6. The van der Waals surface area contributed by atoms with Gasteiger partial charge < -0.3 is 10.1 Å². The minimum Gasteiger partial charge on any atom is -0.459 e. The third kappa shape index (κ3) is 5.45. The molecule has 0 spiro atoms. The molecule has 2 rings (SSSR count). The van der Waals surface area contributed by atoms with Crippen molar-refractivity contribution in [2.75, 3.05) is 5.32 Å². The summed E-state index contributed by atoms with van der Waals surface area (Å²) in [6.45, 7) is 5.14. The molecule has 2 aromatic rings. The first-order valence-corrected chi connectivity index (χ1v) is 8.85. The molecule has 1 heterocycles. The number of esters is 1. The van der Waals surface area contributed by atoms with Gasteiger partial charge in [0.05, 0.1) is 11.8 Å². The van der Waals surface area contributed by atoms with Gasteiger partial charge in [-0.1, -0.05) is 11.3 Å². The van der Waals surface area contributed by atoms with Crippen LogP contribution < -0.4 is 5.32 Å². The van der Waals surface area contributed by atoms with E-state index in [2.05, 4.69) is 10.3 Å². The maximum atomic E-state index is 12.9. The number of carbonyl (C=O) groups is 3. The number of ketones is 1. The SMILES string of the molecule is Cc1nc(NC(=O)CCC(=O)c2ccc(F)cc2)sc1C(=O)OC(C)C. The van der Waals surface area contributed by atoms with E-state index in [0.717, 1.165) is 11.3 Å². The predicted molar refractivity (Wildman–Crippen MR) is 96.0 cm³/mol. The standard InChI is InChI=1S/C18H19FN2O4S/c1-10(2)25-17(24)16-11(3)20-18(26-16)21-15(23)9-8-14(22)12-4-6-13(19)7-5-12/h4-7,10H,8-9H2,1-3H3,(H,20,21,23). The molecule has 0 saturated carbocycles. The van der Waals surface area contributed by atoms with Crippen LogP contribution in [0.1, 0.15) is 52.4 Å². The Morgan fingerprint density at radius 1 is 1.19 bits per heavy atom. The molecule has 1 aromatic heterocycles. The van der Waals surface area contributed by atoms with Crippen LogP contribution in [0.5, 0.6) is 0 Å². The zero-order chi connectivity index (χ0) is 19.3. The Kier molecular flexibility index (Phi) is 6.57. The highest BCUT2D eigenvalue weighted by atomic mass is 32.1. The highest BCUT2D eigenvalue weighted by molar-refractivity contribution is 7.17. The van der Waals surface area contributed by atoms with Crippen molar-refractivity contribution in [3.8, 4) is 0 Å². The second kappa shape index (κ2) is 8.66. The second-order valence-corrected chi connectivity index (χ2v) is 6.86. The van der Waals surface area contributed by atoms with Crippen molar-refractivity contribution < 1.29 is 23.5 Å². The molecule has 8 heteroatoms. The summed E-state index contributed by atoms with van der Waals surface area (Å²) in [5.41, 5.74) is 0.821. The molecule has 0 radical (unpaired) electrons. The average molecular weight is 378 g/mol. The maximum Gasteiger partial charge on any atom is 0.350 e. The highest BCUT2D eigenvalue weighted by Crippen LogP contribution is 2.24. The molecule has 0 aliphatic carbocycles. The summed E-state index contributed by atoms with van der Waals surface area (Å²) in [6, 6.07) is 5.16. The molecular formula is C18H19FN2O4S. The monoisotopic (exact) mass is 378 g/mol. The number of amides is 1. The van der Waals surface area contributed by atoms with Crippen LogP contribution >= 0.6 is 11.3 Å². The number of benzene rings is 1. The van der Waals surface area contributed by atoms with Crippen LogP contribution in [0.25, 0.3) is 0 Å². The largest absolute Gasteiger partial charge is 0.459 e. The van der Waals surface area contributed by atoms with Gasteiger partial charge in [-0.15, -0.1) is 0 Å². The molecule has 0 atom stereocenters. The fourth-order valence-corrected chi connectivity index (χ4v) is 2.96. The fourth-order valence-electron chi connectivity index (χ4n) is 2.10. The number of nitrogens with zero attached hydrogens (tertiary/aromatic N) is 1. The van der Waals surface area contributed by atoms with Crippen LogP contribution in [-0.2, 0) is 9.53 Å². The Hall–Kier alpha value is -2.61. The molecule has 1 N–H and O–H groups in total. The van der Waals surface area contributed by atoms with Gasteiger partial charge in [-0.2, -0.15) is 0 Å². The Morgan fingerprint density at radius 3 is 2.46 bits per heavy atom. The van der Waals surface area contributed by atoms with Crippen LogP contribution in [0.15, 0.2) is 24.3 Å². The zero-order valence-corrected chi connectivity index (χ0v) is 15.5. The van der Waals surface area contributed by atoms with Crippen molar-refractivity contribution in [1.29, 1.82) is 0 Å². The van der Waals surface area contributed by atoms with Gasteiger partial charge in [0, 0.05) is 18.4 Å². The molecule has 0 saturated heterocycles. The van der Waals surface area contributed by atoms with Crippen LogP contribution in [0, 0.1) is 12.7 Å². The number of aromatic nitrogens is 1. The number of halogens is 1. The average Bonchev–Trinajstić information content (AvgIpc) is 2.93. The van der Waals surface area contributed by atoms with Crippen molar-refractivity contribution in [3.05, 3.63) is 46.2 Å². The third-order valence-electron chi connectivity index (χ3n) is 3.32. The molecule has 1 amide bonds. The molecule has 1 aromatic carbocycles. The maximum absolute atomic E-state index is 12.9. The van der Waals surface area contributed by atoms with Gasteiger partial charge in [-0.3, -0.25) is 9.59 Å². The van der Waals surface area contributed by atoms with E-state index in [1.165, 1.54) is 24.3 Å². The number of thiazole rings is 1. The van der Waals surface area contributed by atoms with E-state index in [1.54, 1.807) is 20.8 Å². The summed E-state index contributed by atoms with van der Waals surface area (Å²) in [5.74, 6) is -1.55. The molecule has 0 aliphatic heterocycles.